The minimum absolute atomic E-state index is 0.122. The highest BCUT2D eigenvalue weighted by Gasteiger charge is 2.27. The molecular weight excluding hydrogens is 372 g/mol. The second-order valence-electron chi connectivity index (χ2n) is 9.44. The molecule has 0 saturated heterocycles. The molecule has 4 heteroatoms. The van der Waals surface area contributed by atoms with Crippen LogP contribution in [0.25, 0.3) is 16.8 Å². The first-order chi connectivity index (χ1) is 14.3. The number of pyridine rings is 1. The zero-order valence-electron chi connectivity index (χ0n) is 18.3. The van der Waals surface area contributed by atoms with Crippen molar-refractivity contribution in [2.24, 2.45) is 0 Å². The highest BCUT2D eigenvalue weighted by atomic mass is 16.3. The number of ketones is 1. The van der Waals surface area contributed by atoms with Crippen LogP contribution in [-0.2, 0) is 11.2 Å². The number of rotatable bonds is 8. The molecule has 0 unspecified atom stereocenters. The fourth-order valence-corrected chi connectivity index (χ4v) is 4.43. The van der Waals surface area contributed by atoms with E-state index < -0.39 is 5.60 Å². The fraction of sp³-hybridized carbons (Fsp3) is 0.462. The summed E-state index contributed by atoms with van der Waals surface area (Å²) >= 11 is 0. The van der Waals surface area contributed by atoms with Crippen molar-refractivity contribution in [1.29, 1.82) is 0 Å². The minimum Gasteiger partial charge on any atom is -0.390 e. The molecule has 4 nitrogen and oxygen atoms in total. The Bertz CT molecular complexity index is 1040. The second kappa shape index (κ2) is 8.35. The lowest BCUT2D eigenvalue weighted by atomic mass is 9.78. The molecule has 1 saturated carbocycles. The van der Waals surface area contributed by atoms with Gasteiger partial charge in [-0.25, -0.2) is 4.52 Å². The first-order valence-electron chi connectivity index (χ1n) is 11.1. The Labute approximate surface area is 178 Å². The van der Waals surface area contributed by atoms with Crippen molar-refractivity contribution >= 4 is 11.3 Å². The summed E-state index contributed by atoms with van der Waals surface area (Å²) in [6.07, 6.45) is 6.01. The Hall–Kier alpha value is -2.46. The van der Waals surface area contributed by atoms with E-state index in [0.717, 1.165) is 24.2 Å². The fourth-order valence-electron chi connectivity index (χ4n) is 4.43. The average Bonchev–Trinajstić information content (AvgIpc) is 2.98. The Morgan fingerprint density at radius 3 is 2.53 bits per heavy atom. The van der Waals surface area contributed by atoms with Crippen LogP contribution in [-0.4, -0.2) is 26.1 Å². The highest BCUT2D eigenvalue weighted by Crippen LogP contribution is 2.41. The van der Waals surface area contributed by atoms with Crippen molar-refractivity contribution in [3.05, 3.63) is 59.3 Å². The molecule has 1 aromatic carbocycles. The van der Waals surface area contributed by atoms with Crippen LogP contribution in [0, 0.1) is 6.92 Å². The van der Waals surface area contributed by atoms with E-state index in [1.165, 1.54) is 41.5 Å². The number of fused-ring (bicyclic) bond motifs is 1. The Morgan fingerprint density at radius 1 is 1.17 bits per heavy atom. The number of carbonyl (C=O) groups excluding carboxylic acids is 1. The summed E-state index contributed by atoms with van der Waals surface area (Å²) in [4.78, 5) is 12.2. The van der Waals surface area contributed by atoms with Crippen molar-refractivity contribution in [2.75, 3.05) is 0 Å². The lowest BCUT2D eigenvalue weighted by Crippen LogP contribution is -2.23. The van der Waals surface area contributed by atoms with Crippen LogP contribution in [0.3, 0.4) is 0 Å². The van der Waals surface area contributed by atoms with Crippen molar-refractivity contribution < 1.29 is 9.90 Å². The van der Waals surface area contributed by atoms with Crippen LogP contribution in [0.1, 0.15) is 75.1 Å². The molecule has 0 bridgehead atoms. The van der Waals surface area contributed by atoms with Crippen LogP contribution in [0.5, 0.6) is 0 Å². The number of aryl methyl sites for hydroxylation is 2. The minimum atomic E-state index is -0.930. The van der Waals surface area contributed by atoms with Crippen LogP contribution in [0.4, 0.5) is 0 Å². The normalized spacial score (nSPS) is 14.8. The third-order valence-electron chi connectivity index (χ3n) is 6.13. The first-order valence-corrected chi connectivity index (χ1v) is 11.1. The maximum atomic E-state index is 12.2. The summed E-state index contributed by atoms with van der Waals surface area (Å²) in [6.45, 7) is 5.48. The molecule has 1 aliphatic carbocycles. The lowest BCUT2D eigenvalue weighted by Gasteiger charge is -2.26. The molecule has 1 fully saturated rings. The summed E-state index contributed by atoms with van der Waals surface area (Å²) in [5, 5.41) is 14.9. The molecule has 0 radical (unpaired) electrons. The van der Waals surface area contributed by atoms with E-state index in [4.69, 9.17) is 5.10 Å². The van der Waals surface area contributed by atoms with Gasteiger partial charge in [0.05, 0.1) is 22.5 Å². The van der Waals surface area contributed by atoms with E-state index in [1.807, 2.05) is 0 Å². The van der Waals surface area contributed by atoms with Crippen LogP contribution < -0.4 is 0 Å². The lowest BCUT2D eigenvalue weighted by molar-refractivity contribution is -0.122. The number of Topliss-reactive ketones (excluding diaryl/α,β-unsaturated/α-hetero) is 1. The van der Waals surface area contributed by atoms with Crippen molar-refractivity contribution in [2.45, 2.75) is 77.2 Å². The molecule has 158 valence electrons. The van der Waals surface area contributed by atoms with Crippen molar-refractivity contribution in [3.8, 4) is 11.3 Å². The smallest absolute Gasteiger partial charge is 0.135 e. The molecule has 0 spiro atoms. The van der Waals surface area contributed by atoms with E-state index in [2.05, 4.69) is 53.9 Å². The zero-order chi connectivity index (χ0) is 21.3. The molecular formula is C26H32N2O2. The highest BCUT2D eigenvalue weighted by molar-refractivity contribution is 5.79. The van der Waals surface area contributed by atoms with Gasteiger partial charge in [0, 0.05) is 24.0 Å². The summed E-state index contributed by atoms with van der Waals surface area (Å²) in [5.74, 6) is 0.703. The second-order valence-corrected chi connectivity index (χ2v) is 9.44. The predicted molar refractivity (Wildman–Crippen MR) is 121 cm³/mol. The van der Waals surface area contributed by atoms with E-state index in [9.17, 15) is 9.90 Å². The summed E-state index contributed by atoms with van der Waals surface area (Å²) in [6, 6.07) is 15.0. The molecule has 2 heterocycles. The molecule has 0 amide bonds. The molecule has 1 aliphatic rings. The SMILES string of the molecule is Cc1ccc(-c2cccc3c(C4CCC4)c(CCCC(=O)CC(C)(C)O)nn23)cc1. The molecule has 4 rings (SSSR count). The maximum absolute atomic E-state index is 12.2. The Morgan fingerprint density at radius 2 is 1.90 bits per heavy atom. The van der Waals surface area contributed by atoms with E-state index in [-0.39, 0.29) is 12.2 Å². The maximum Gasteiger partial charge on any atom is 0.135 e. The van der Waals surface area contributed by atoms with E-state index in [1.54, 1.807) is 13.8 Å². The van der Waals surface area contributed by atoms with Gasteiger partial charge in [-0.05, 0) is 64.5 Å². The van der Waals surface area contributed by atoms with Crippen molar-refractivity contribution in [1.82, 2.24) is 9.61 Å². The van der Waals surface area contributed by atoms with Gasteiger partial charge in [0.1, 0.15) is 5.78 Å². The molecule has 0 atom stereocenters. The first kappa shape index (κ1) is 20.8. The van der Waals surface area contributed by atoms with Gasteiger partial charge < -0.3 is 5.11 Å². The van der Waals surface area contributed by atoms with E-state index in [0.29, 0.717) is 12.3 Å². The third kappa shape index (κ3) is 4.49. The molecule has 1 N–H and O–H groups in total. The number of hydrogen-bond donors (Lipinski definition) is 1. The number of aliphatic hydroxyl groups is 1. The standard InChI is InChI=1S/C26H32N2O2/c1-18-13-15-19(16-14-18)23-11-6-12-24-25(20-7-4-8-20)22(27-28(23)24)10-5-9-21(29)17-26(2,3)30/h6,11-16,20,30H,4-5,7-10,17H2,1-3H3. The summed E-state index contributed by atoms with van der Waals surface area (Å²) in [5.41, 5.74) is 6.31. The number of nitrogens with zero attached hydrogens (tertiary/aromatic N) is 2. The van der Waals surface area contributed by atoms with Crippen LogP contribution >= 0.6 is 0 Å². The largest absolute Gasteiger partial charge is 0.390 e. The van der Waals surface area contributed by atoms with Gasteiger partial charge in [-0.1, -0.05) is 42.3 Å². The third-order valence-corrected chi connectivity index (χ3v) is 6.13. The van der Waals surface area contributed by atoms with Crippen LogP contribution in [0.2, 0.25) is 0 Å². The molecule has 2 aromatic heterocycles. The average molecular weight is 405 g/mol. The summed E-state index contributed by atoms with van der Waals surface area (Å²) in [7, 11) is 0. The van der Waals surface area contributed by atoms with Crippen LogP contribution in [0.15, 0.2) is 42.5 Å². The van der Waals surface area contributed by atoms with Gasteiger partial charge in [0.15, 0.2) is 0 Å². The topological polar surface area (TPSA) is 54.6 Å². The Balaban J connectivity index is 1.63. The van der Waals surface area contributed by atoms with E-state index >= 15 is 0 Å². The van der Waals surface area contributed by atoms with Gasteiger partial charge in [-0.2, -0.15) is 5.10 Å². The monoisotopic (exact) mass is 404 g/mol. The van der Waals surface area contributed by atoms with Gasteiger partial charge in [-0.3, -0.25) is 4.79 Å². The van der Waals surface area contributed by atoms with Gasteiger partial charge in [0.25, 0.3) is 0 Å². The molecule has 3 aromatic rings. The number of hydrogen-bond acceptors (Lipinski definition) is 3. The molecule has 0 aliphatic heterocycles. The molecule has 30 heavy (non-hydrogen) atoms. The van der Waals surface area contributed by atoms with Gasteiger partial charge in [0.2, 0.25) is 0 Å². The number of carbonyl (C=O) groups is 1. The summed E-state index contributed by atoms with van der Waals surface area (Å²) < 4.78 is 2.10. The van der Waals surface area contributed by atoms with Crippen molar-refractivity contribution in [3.63, 3.8) is 0 Å². The zero-order valence-corrected chi connectivity index (χ0v) is 18.3. The number of aromatic nitrogens is 2. The van der Waals surface area contributed by atoms with Gasteiger partial charge >= 0.3 is 0 Å². The Kier molecular flexibility index (Phi) is 5.79. The number of benzene rings is 1. The quantitative estimate of drug-likeness (QED) is 0.529. The van der Waals surface area contributed by atoms with Gasteiger partial charge in [-0.15, -0.1) is 0 Å². The predicted octanol–water partition coefficient (Wildman–Crippen LogP) is 5.63.